The maximum Gasteiger partial charge on any atom is 0.372 e. The zero-order valence-corrected chi connectivity index (χ0v) is 9.81. The number of hydrogen-bond donors (Lipinski definition) is 2. The van der Waals surface area contributed by atoms with Crippen molar-refractivity contribution < 1.29 is 19.1 Å². The molecule has 0 amide bonds. The monoisotopic (exact) mass is 239 g/mol. The number of furan rings is 1. The molecule has 1 aliphatic rings. The second-order valence-electron chi connectivity index (χ2n) is 4.36. The van der Waals surface area contributed by atoms with Gasteiger partial charge in [-0.2, -0.15) is 0 Å². The summed E-state index contributed by atoms with van der Waals surface area (Å²) in [4.78, 5) is 10.8. The molecule has 1 aromatic rings. The lowest BCUT2D eigenvalue weighted by Gasteiger charge is -2.27. The Balaban J connectivity index is 1.89. The van der Waals surface area contributed by atoms with Crippen LogP contribution in [0.4, 0.5) is 0 Å². The number of aromatic carboxylic acids is 1. The third kappa shape index (κ3) is 3.08. The first-order valence-corrected chi connectivity index (χ1v) is 5.81. The Morgan fingerprint density at radius 1 is 1.65 bits per heavy atom. The molecule has 0 bridgehead atoms. The van der Waals surface area contributed by atoms with Gasteiger partial charge in [-0.1, -0.05) is 0 Å². The predicted octanol–water partition coefficient (Wildman–Crippen LogP) is 1.63. The highest BCUT2D eigenvalue weighted by molar-refractivity contribution is 5.86. The van der Waals surface area contributed by atoms with Gasteiger partial charge < -0.3 is 19.6 Å². The van der Waals surface area contributed by atoms with Gasteiger partial charge in [-0.25, -0.2) is 4.79 Å². The lowest BCUT2D eigenvalue weighted by molar-refractivity contribution is 0.0130. The van der Waals surface area contributed by atoms with Gasteiger partial charge in [0.05, 0.1) is 12.4 Å². The van der Waals surface area contributed by atoms with Gasteiger partial charge in [0.15, 0.2) is 0 Å². The molecule has 0 aromatic carbocycles. The van der Waals surface area contributed by atoms with E-state index in [9.17, 15) is 4.79 Å². The number of carbonyl (C=O) groups is 1. The standard InChI is InChI=1S/C12H17NO4/c1-8-6-10(3-5-16-8)13-7-9-2-4-17-11(9)12(14)15/h2,4,8,10,13H,3,5-7H2,1H3,(H,14,15). The summed E-state index contributed by atoms with van der Waals surface area (Å²) in [5.74, 6) is -0.996. The summed E-state index contributed by atoms with van der Waals surface area (Å²) >= 11 is 0. The highest BCUT2D eigenvalue weighted by Gasteiger charge is 2.20. The Morgan fingerprint density at radius 2 is 2.47 bits per heavy atom. The van der Waals surface area contributed by atoms with E-state index in [2.05, 4.69) is 5.32 Å². The molecule has 2 heterocycles. The first kappa shape index (κ1) is 12.1. The van der Waals surface area contributed by atoms with Crippen molar-refractivity contribution in [1.82, 2.24) is 5.32 Å². The van der Waals surface area contributed by atoms with E-state index in [0.29, 0.717) is 18.2 Å². The average molecular weight is 239 g/mol. The first-order valence-electron chi connectivity index (χ1n) is 5.81. The van der Waals surface area contributed by atoms with E-state index in [1.54, 1.807) is 6.07 Å². The average Bonchev–Trinajstić information content (AvgIpc) is 2.74. The van der Waals surface area contributed by atoms with Crippen molar-refractivity contribution in [2.75, 3.05) is 6.61 Å². The van der Waals surface area contributed by atoms with Crippen LogP contribution >= 0.6 is 0 Å². The van der Waals surface area contributed by atoms with E-state index >= 15 is 0 Å². The molecule has 2 N–H and O–H groups in total. The fraction of sp³-hybridized carbons (Fsp3) is 0.583. The summed E-state index contributed by atoms with van der Waals surface area (Å²) in [7, 11) is 0. The molecule has 2 rings (SSSR count). The summed E-state index contributed by atoms with van der Waals surface area (Å²) in [6.07, 6.45) is 3.60. The van der Waals surface area contributed by atoms with Crippen LogP contribution in [-0.2, 0) is 11.3 Å². The quantitative estimate of drug-likeness (QED) is 0.835. The molecular formula is C12H17NO4. The number of ether oxygens (including phenoxy) is 1. The summed E-state index contributed by atoms with van der Waals surface area (Å²) < 4.78 is 10.4. The molecule has 1 fully saturated rings. The Morgan fingerprint density at radius 3 is 3.18 bits per heavy atom. The van der Waals surface area contributed by atoms with Crippen molar-refractivity contribution in [3.05, 3.63) is 23.7 Å². The van der Waals surface area contributed by atoms with Crippen LogP contribution in [-0.4, -0.2) is 29.8 Å². The molecule has 0 saturated carbocycles. The Bertz CT molecular complexity index is 388. The molecule has 5 nitrogen and oxygen atoms in total. The smallest absolute Gasteiger partial charge is 0.372 e. The van der Waals surface area contributed by atoms with Crippen molar-refractivity contribution >= 4 is 5.97 Å². The third-order valence-electron chi connectivity index (χ3n) is 3.01. The minimum absolute atomic E-state index is 0.0256. The Kier molecular flexibility index (Phi) is 3.81. The fourth-order valence-corrected chi connectivity index (χ4v) is 2.10. The number of carboxylic acids is 1. The van der Waals surface area contributed by atoms with Crippen LogP contribution in [0.2, 0.25) is 0 Å². The van der Waals surface area contributed by atoms with Gasteiger partial charge in [-0.3, -0.25) is 0 Å². The molecule has 1 aromatic heterocycles. The van der Waals surface area contributed by atoms with Crippen LogP contribution in [0.25, 0.3) is 0 Å². The Hall–Kier alpha value is -1.33. The topological polar surface area (TPSA) is 71.7 Å². The Labute approximate surface area is 99.8 Å². The van der Waals surface area contributed by atoms with Crippen LogP contribution < -0.4 is 5.32 Å². The van der Waals surface area contributed by atoms with Gasteiger partial charge in [0, 0.05) is 24.8 Å². The number of nitrogens with one attached hydrogen (secondary N) is 1. The molecule has 1 aliphatic heterocycles. The summed E-state index contributed by atoms with van der Waals surface area (Å²) in [5.41, 5.74) is 0.691. The number of rotatable bonds is 4. The zero-order chi connectivity index (χ0) is 12.3. The van der Waals surface area contributed by atoms with E-state index in [4.69, 9.17) is 14.3 Å². The molecular weight excluding hydrogens is 222 g/mol. The van der Waals surface area contributed by atoms with Crippen LogP contribution in [0.1, 0.15) is 35.9 Å². The molecule has 2 atom stereocenters. The molecule has 1 saturated heterocycles. The lowest BCUT2D eigenvalue weighted by atomic mass is 10.0. The van der Waals surface area contributed by atoms with Gasteiger partial charge in [0.2, 0.25) is 5.76 Å². The van der Waals surface area contributed by atoms with Crippen molar-refractivity contribution in [3.8, 4) is 0 Å². The van der Waals surface area contributed by atoms with Crippen molar-refractivity contribution in [2.45, 2.75) is 38.5 Å². The van der Waals surface area contributed by atoms with Crippen LogP contribution in [0.5, 0.6) is 0 Å². The normalized spacial score (nSPS) is 24.8. The van der Waals surface area contributed by atoms with Crippen molar-refractivity contribution in [2.24, 2.45) is 0 Å². The lowest BCUT2D eigenvalue weighted by Crippen LogP contribution is -2.37. The first-order chi connectivity index (χ1) is 8.16. The largest absolute Gasteiger partial charge is 0.475 e. The maximum absolute atomic E-state index is 10.8. The maximum atomic E-state index is 10.8. The predicted molar refractivity (Wildman–Crippen MR) is 60.9 cm³/mol. The molecule has 17 heavy (non-hydrogen) atoms. The second kappa shape index (κ2) is 5.33. The van der Waals surface area contributed by atoms with Crippen molar-refractivity contribution in [1.29, 1.82) is 0 Å². The third-order valence-corrected chi connectivity index (χ3v) is 3.01. The van der Waals surface area contributed by atoms with E-state index in [1.165, 1.54) is 6.26 Å². The molecule has 2 unspecified atom stereocenters. The van der Waals surface area contributed by atoms with E-state index in [-0.39, 0.29) is 11.9 Å². The van der Waals surface area contributed by atoms with E-state index in [1.807, 2.05) is 6.92 Å². The summed E-state index contributed by atoms with van der Waals surface area (Å²) in [6.45, 7) is 3.33. The van der Waals surface area contributed by atoms with Crippen LogP contribution in [0.3, 0.4) is 0 Å². The summed E-state index contributed by atoms with van der Waals surface area (Å²) in [5, 5.41) is 12.2. The van der Waals surface area contributed by atoms with E-state index < -0.39 is 5.97 Å². The van der Waals surface area contributed by atoms with E-state index in [0.717, 1.165) is 19.4 Å². The minimum Gasteiger partial charge on any atom is -0.475 e. The second-order valence-corrected chi connectivity index (χ2v) is 4.36. The minimum atomic E-state index is -1.02. The zero-order valence-electron chi connectivity index (χ0n) is 9.81. The molecule has 0 spiro atoms. The van der Waals surface area contributed by atoms with Gasteiger partial charge in [0.25, 0.3) is 0 Å². The van der Waals surface area contributed by atoms with Gasteiger partial charge >= 0.3 is 5.97 Å². The van der Waals surface area contributed by atoms with Crippen LogP contribution in [0.15, 0.2) is 16.7 Å². The molecule has 0 aliphatic carbocycles. The molecule has 94 valence electrons. The van der Waals surface area contributed by atoms with Gasteiger partial charge in [0.1, 0.15) is 0 Å². The van der Waals surface area contributed by atoms with Crippen LogP contribution in [0, 0.1) is 0 Å². The van der Waals surface area contributed by atoms with Gasteiger partial charge in [-0.05, 0) is 25.8 Å². The SMILES string of the molecule is CC1CC(NCc2ccoc2C(=O)O)CCO1. The molecule has 5 heteroatoms. The van der Waals surface area contributed by atoms with Crippen molar-refractivity contribution in [3.63, 3.8) is 0 Å². The fourth-order valence-electron chi connectivity index (χ4n) is 2.10. The molecule has 0 radical (unpaired) electrons. The number of hydrogen-bond acceptors (Lipinski definition) is 4. The number of carboxylic acid groups (broad SMARTS) is 1. The summed E-state index contributed by atoms with van der Waals surface area (Å²) in [6, 6.07) is 2.08. The van der Waals surface area contributed by atoms with Gasteiger partial charge in [-0.15, -0.1) is 0 Å². The highest BCUT2D eigenvalue weighted by Crippen LogP contribution is 2.15. The highest BCUT2D eigenvalue weighted by atomic mass is 16.5.